The van der Waals surface area contributed by atoms with Crippen molar-refractivity contribution in [2.45, 2.75) is 56.5 Å². The number of aromatic amines is 1. The molecule has 0 aliphatic heterocycles. The van der Waals surface area contributed by atoms with Crippen molar-refractivity contribution in [3.63, 3.8) is 0 Å². The van der Waals surface area contributed by atoms with Gasteiger partial charge in [0, 0.05) is 61.0 Å². The van der Waals surface area contributed by atoms with Gasteiger partial charge in [-0.15, -0.1) is 0 Å². The van der Waals surface area contributed by atoms with Crippen LogP contribution < -0.4 is 15.5 Å². The van der Waals surface area contributed by atoms with E-state index in [2.05, 4.69) is 41.9 Å². The fourth-order valence-electron chi connectivity index (χ4n) is 5.07. The Morgan fingerprint density at radius 1 is 1.08 bits per heavy atom. The highest BCUT2D eigenvalue weighted by Crippen LogP contribution is 2.39. The molecule has 1 amide bonds. The van der Waals surface area contributed by atoms with E-state index in [1.54, 1.807) is 12.4 Å². The van der Waals surface area contributed by atoms with Gasteiger partial charge in [-0.25, -0.2) is 4.98 Å². The Morgan fingerprint density at radius 3 is 2.72 bits per heavy atom. The van der Waals surface area contributed by atoms with Crippen molar-refractivity contribution >= 4 is 34.4 Å². The highest BCUT2D eigenvalue weighted by atomic mass is 16.1. The molecule has 2 aliphatic carbocycles. The lowest BCUT2D eigenvalue weighted by molar-refractivity contribution is 0.0926. The van der Waals surface area contributed by atoms with Crippen molar-refractivity contribution in [1.29, 1.82) is 0 Å². The molecule has 3 N–H and O–H groups in total. The van der Waals surface area contributed by atoms with E-state index in [0.717, 1.165) is 48.2 Å². The molecule has 10 heteroatoms. The van der Waals surface area contributed by atoms with Gasteiger partial charge in [-0.3, -0.25) is 14.6 Å². The first-order valence-corrected chi connectivity index (χ1v) is 12.6. The van der Waals surface area contributed by atoms with Crippen LogP contribution in [0.5, 0.6) is 0 Å². The molecule has 6 rings (SSSR count). The molecule has 4 aromatic rings. The van der Waals surface area contributed by atoms with E-state index >= 15 is 0 Å². The van der Waals surface area contributed by atoms with Crippen LogP contribution in [0.3, 0.4) is 0 Å². The van der Waals surface area contributed by atoms with Crippen LogP contribution in [0.25, 0.3) is 10.9 Å². The first-order chi connectivity index (χ1) is 17.5. The molecule has 186 valence electrons. The van der Waals surface area contributed by atoms with Gasteiger partial charge < -0.3 is 15.5 Å². The maximum absolute atomic E-state index is 12.8. The smallest absolute Gasteiger partial charge is 0.251 e. The Hall–Kier alpha value is -3.95. The lowest BCUT2D eigenvalue weighted by atomic mass is 9.90. The van der Waals surface area contributed by atoms with E-state index in [0.29, 0.717) is 23.5 Å². The van der Waals surface area contributed by atoms with Crippen molar-refractivity contribution in [3.05, 3.63) is 54.0 Å². The zero-order valence-corrected chi connectivity index (χ0v) is 20.6. The van der Waals surface area contributed by atoms with Crippen molar-refractivity contribution in [3.8, 4) is 0 Å². The Bertz CT molecular complexity index is 1380. The molecule has 2 aliphatic rings. The zero-order valence-electron chi connectivity index (χ0n) is 20.6. The van der Waals surface area contributed by atoms with Gasteiger partial charge in [0.05, 0.1) is 11.7 Å². The standard InChI is InChI=1S/C26H31N9O/c1-34(26-27-12-11-23(31-26)30-24-14-21(32-33-24)16-3-4-16)20-8-6-19(7-9-20)29-25(36)17-5-10-22-18(13-17)15-28-35(22)2/h5,10-16,19-20H,3-4,6-9H2,1-2H3,(H,29,36)(H2,27,30,31,32,33)/t19-,20-. The summed E-state index contributed by atoms with van der Waals surface area (Å²) in [6.45, 7) is 0. The number of anilines is 3. The zero-order chi connectivity index (χ0) is 24.6. The average Bonchev–Trinajstić information content (AvgIpc) is 3.54. The number of hydrogen-bond acceptors (Lipinski definition) is 7. The van der Waals surface area contributed by atoms with E-state index in [-0.39, 0.29) is 11.9 Å². The van der Waals surface area contributed by atoms with Crippen molar-refractivity contribution in [2.75, 3.05) is 17.3 Å². The van der Waals surface area contributed by atoms with Gasteiger partial charge in [0.25, 0.3) is 5.91 Å². The predicted molar refractivity (Wildman–Crippen MR) is 139 cm³/mol. The second kappa shape index (κ2) is 9.25. The number of rotatable bonds is 7. The number of benzene rings is 1. The second-order valence-electron chi connectivity index (χ2n) is 9.98. The first kappa shape index (κ1) is 22.5. The third-order valence-electron chi connectivity index (χ3n) is 7.42. The van der Waals surface area contributed by atoms with Gasteiger partial charge in [-0.05, 0) is 62.8 Å². The van der Waals surface area contributed by atoms with Gasteiger partial charge in [-0.1, -0.05) is 0 Å². The largest absolute Gasteiger partial charge is 0.349 e. The fourth-order valence-corrected chi connectivity index (χ4v) is 5.07. The summed E-state index contributed by atoms with van der Waals surface area (Å²) in [6.07, 6.45) is 9.81. The van der Waals surface area contributed by atoms with Gasteiger partial charge in [0.15, 0.2) is 5.82 Å². The lowest BCUT2D eigenvalue weighted by Crippen LogP contribution is -2.43. The molecule has 10 nitrogen and oxygen atoms in total. The van der Waals surface area contributed by atoms with Crippen LogP contribution in [-0.2, 0) is 7.05 Å². The molecule has 0 saturated heterocycles. The third kappa shape index (κ3) is 4.62. The molecule has 3 heterocycles. The molecule has 3 aromatic heterocycles. The van der Waals surface area contributed by atoms with Crippen LogP contribution in [0.2, 0.25) is 0 Å². The number of H-pyrrole nitrogens is 1. The van der Waals surface area contributed by atoms with Crippen molar-refractivity contribution in [2.24, 2.45) is 7.05 Å². The van der Waals surface area contributed by atoms with Crippen LogP contribution in [0.15, 0.2) is 42.7 Å². The Labute approximate surface area is 209 Å². The molecule has 0 atom stereocenters. The molecule has 2 saturated carbocycles. The molecule has 0 bridgehead atoms. The number of aryl methyl sites for hydroxylation is 1. The van der Waals surface area contributed by atoms with Crippen molar-refractivity contribution < 1.29 is 4.79 Å². The molecule has 2 fully saturated rings. The summed E-state index contributed by atoms with van der Waals surface area (Å²) in [5, 5.41) is 19.2. The monoisotopic (exact) mass is 485 g/mol. The van der Waals surface area contributed by atoms with Gasteiger partial charge in [0.1, 0.15) is 5.82 Å². The summed E-state index contributed by atoms with van der Waals surface area (Å²) in [6, 6.07) is 10.1. The summed E-state index contributed by atoms with van der Waals surface area (Å²) in [4.78, 5) is 24.2. The number of amides is 1. The summed E-state index contributed by atoms with van der Waals surface area (Å²) < 4.78 is 1.81. The summed E-state index contributed by atoms with van der Waals surface area (Å²) in [5.41, 5.74) is 2.88. The Kier molecular flexibility index (Phi) is 5.79. The Balaban J connectivity index is 1.04. The maximum Gasteiger partial charge on any atom is 0.251 e. The molecular weight excluding hydrogens is 454 g/mol. The third-order valence-corrected chi connectivity index (χ3v) is 7.42. The second-order valence-corrected chi connectivity index (χ2v) is 9.98. The van der Waals surface area contributed by atoms with Crippen LogP contribution in [0.1, 0.15) is 60.5 Å². The number of aromatic nitrogens is 6. The van der Waals surface area contributed by atoms with Gasteiger partial charge in [0.2, 0.25) is 5.95 Å². The molecule has 36 heavy (non-hydrogen) atoms. The topological polar surface area (TPSA) is 117 Å². The summed E-state index contributed by atoms with van der Waals surface area (Å²) >= 11 is 0. The number of fused-ring (bicyclic) bond motifs is 1. The van der Waals surface area contributed by atoms with Gasteiger partial charge in [-0.2, -0.15) is 15.2 Å². The van der Waals surface area contributed by atoms with Gasteiger partial charge >= 0.3 is 0 Å². The van der Waals surface area contributed by atoms with E-state index in [9.17, 15) is 4.79 Å². The molecular formula is C26H31N9O. The maximum atomic E-state index is 12.8. The number of carbonyl (C=O) groups excluding carboxylic acids is 1. The molecule has 1 aromatic carbocycles. The number of carbonyl (C=O) groups is 1. The minimum Gasteiger partial charge on any atom is -0.349 e. The van der Waals surface area contributed by atoms with Crippen molar-refractivity contribution in [1.82, 2.24) is 35.3 Å². The van der Waals surface area contributed by atoms with E-state index in [1.807, 2.05) is 43.0 Å². The predicted octanol–water partition coefficient (Wildman–Crippen LogP) is 3.88. The normalized spacial score (nSPS) is 19.8. The SMILES string of the molecule is Cn1ncc2cc(C(=O)N[C@H]3CC[C@H](N(C)c4nccc(Nc5cc(C6CC6)[nH]n5)n4)CC3)ccc21. The van der Waals surface area contributed by atoms with E-state index in [1.165, 1.54) is 18.5 Å². The van der Waals surface area contributed by atoms with Crippen LogP contribution in [-0.4, -0.2) is 55.0 Å². The minimum atomic E-state index is -0.0251. The number of hydrogen-bond donors (Lipinski definition) is 3. The van der Waals surface area contributed by atoms with Crippen LogP contribution in [0.4, 0.5) is 17.6 Å². The fraction of sp³-hybridized carbons (Fsp3) is 0.423. The lowest BCUT2D eigenvalue weighted by Gasteiger charge is -2.35. The summed E-state index contributed by atoms with van der Waals surface area (Å²) in [5.74, 6) is 2.80. The van der Waals surface area contributed by atoms with Crippen LogP contribution in [0, 0.1) is 0 Å². The first-order valence-electron chi connectivity index (χ1n) is 12.6. The van der Waals surface area contributed by atoms with Crippen LogP contribution >= 0.6 is 0 Å². The average molecular weight is 486 g/mol. The number of nitrogens with one attached hydrogen (secondary N) is 3. The quantitative estimate of drug-likeness (QED) is 0.364. The minimum absolute atomic E-state index is 0.0251. The highest BCUT2D eigenvalue weighted by molar-refractivity contribution is 5.98. The van der Waals surface area contributed by atoms with E-state index < -0.39 is 0 Å². The molecule has 0 unspecified atom stereocenters. The highest BCUT2D eigenvalue weighted by Gasteiger charge is 2.27. The molecule has 0 spiro atoms. The summed E-state index contributed by atoms with van der Waals surface area (Å²) in [7, 11) is 3.95. The number of nitrogens with zero attached hydrogens (tertiary/aromatic N) is 6. The molecule has 0 radical (unpaired) electrons. The Morgan fingerprint density at radius 2 is 1.92 bits per heavy atom. The van der Waals surface area contributed by atoms with E-state index in [4.69, 9.17) is 4.98 Å².